The molecule has 180 valence electrons. The molecule has 0 radical (unpaired) electrons. The molecule has 0 saturated carbocycles. The van der Waals surface area contributed by atoms with Gasteiger partial charge in [0, 0.05) is 10.6 Å². The van der Waals surface area contributed by atoms with E-state index in [2.05, 4.69) is 4.98 Å². The van der Waals surface area contributed by atoms with Crippen LogP contribution in [0, 0.1) is 6.92 Å². The van der Waals surface area contributed by atoms with Crippen LogP contribution in [0.2, 0.25) is 5.02 Å². The summed E-state index contributed by atoms with van der Waals surface area (Å²) in [6.45, 7) is 1.96. The van der Waals surface area contributed by atoms with Gasteiger partial charge in [0.15, 0.2) is 5.13 Å². The van der Waals surface area contributed by atoms with E-state index in [9.17, 15) is 14.7 Å². The van der Waals surface area contributed by atoms with Crippen LogP contribution in [0.4, 0.5) is 5.13 Å². The number of carbonyl (C=O) groups is 2. The van der Waals surface area contributed by atoms with Crippen molar-refractivity contribution in [2.24, 2.45) is 0 Å². The Morgan fingerprint density at radius 2 is 1.83 bits per heavy atom. The minimum atomic E-state index is -0.794. The molecule has 0 bridgehead atoms. The van der Waals surface area contributed by atoms with Gasteiger partial charge in [0.25, 0.3) is 5.78 Å². The first-order chi connectivity index (χ1) is 17.4. The van der Waals surface area contributed by atoms with E-state index < -0.39 is 17.7 Å². The van der Waals surface area contributed by atoms with Gasteiger partial charge < -0.3 is 5.11 Å². The van der Waals surface area contributed by atoms with E-state index in [1.807, 2.05) is 49.4 Å². The van der Waals surface area contributed by atoms with Crippen LogP contribution < -0.4 is 4.90 Å². The number of aliphatic hydroxyl groups is 1. The average molecular weight is 515 g/mol. The normalized spacial score (nSPS) is 19.2. The number of aromatic nitrogens is 1. The molecule has 1 aliphatic heterocycles. The van der Waals surface area contributed by atoms with E-state index in [1.165, 1.54) is 27.4 Å². The largest absolute Gasteiger partial charge is 0.507 e. The second-order valence-electron chi connectivity index (χ2n) is 9.38. The SMILES string of the molecule is Cc1cccc(C2/C(=C(\O)c3ccc4c(c3)CCCC4)C(=O)C(=O)N2c2nc3ccc(Cl)cc3s2)c1. The Balaban J connectivity index is 1.54. The first-order valence-electron chi connectivity index (χ1n) is 12.0. The van der Waals surface area contributed by atoms with Crippen molar-refractivity contribution in [2.45, 2.75) is 38.6 Å². The molecule has 3 aromatic carbocycles. The lowest BCUT2D eigenvalue weighted by Gasteiger charge is -2.23. The Kier molecular flexibility index (Phi) is 5.66. The van der Waals surface area contributed by atoms with Gasteiger partial charge in [0.1, 0.15) is 5.76 Å². The topological polar surface area (TPSA) is 70.5 Å². The summed E-state index contributed by atoms with van der Waals surface area (Å²) >= 11 is 7.47. The van der Waals surface area contributed by atoms with Crippen LogP contribution in [0.1, 0.15) is 46.7 Å². The molecule has 2 aliphatic rings. The third-order valence-corrected chi connectivity index (χ3v) is 8.22. The first-order valence-corrected chi connectivity index (χ1v) is 13.2. The Morgan fingerprint density at radius 1 is 1.03 bits per heavy atom. The van der Waals surface area contributed by atoms with Gasteiger partial charge in [0.2, 0.25) is 0 Å². The number of nitrogens with zero attached hydrogens (tertiary/aromatic N) is 2. The summed E-state index contributed by atoms with van der Waals surface area (Å²) in [4.78, 5) is 33.0. The number of halogens is 1. The maximum atomic E-state index is 13.5. The Labute approximate surface area is 217 Å². The highest BCUT2D eigenvalue weighted by molar-refractivity contribution is 7.22. The number of carbonyl (C=O) groups excluding carboxylic acids is 2. The van der Waals surface area contributed by atoms with Crippen LogP contribution in [-0.2, 0) is 22.4 Å². The van der Waals surface area contributed by atoms with Crippen molar-refractivity contribution in [3.05, 3.63) is 99.1 Å². The zero-order valence-electron chi connectivity index (χ0n) is 19.6. The summed E-state index contributed by atoms with van der Waals surface area (Å²) in [5.41, 5.74) is 5.53. The van der Waals surface area contributed by atoms with Crippen LogP contribution >= 0.6 is 22.9 Å². The number of hydrogen-bond acceptors (Lipinski definition) is 5. The fraction of sp³-hybridized carbons (Fsp3) is 0.207. The number of thiazole rings is 1. The third kappa shape index (κ3) is 3.81. The molecule has 4 aromatic rings. The van der Waals surface area contributed by atoms with Gasteiger partial charge in [-0.3, -0.25) is 14.5 Å². The van der Waals surface area contributed by atoms with E-state index in [0.29, 0.717) is 21.2 Å². The minimum Gasteiger partial charge on any atom is -0.507 e. The molecular formula is C29H23ClN2O3S. The molecule has 1 unspecified atom stereocenters. The molecule has 1 fully saturated rings. The molecule has 1 atom stereocenters. The smallest absolute Gasteiger partial charge is 0.301 e. The lowest BCUT2D eigenvalue weighted by Crippen LogP contribution is -2.29. The van der Waals surface area contributed by atoms with Crippen molar-refractivity contribution < 1.29 is 14.7 Å². The molecule has 7 heteroatoms. The van der Waals surface area contributed by atoms with Crippen LogP contribution in [0.15, 0.2) is 66.2 Å². The summed E-state index contributed by atoms with van der Waals surface area (Å²) in [7, 11) is 0. The van der Waals surface area contributed by atoms with Gasteiger partial charge in [0.05, 0.1) is 21.8 Å². The Hall–Kier alpha value is -3.48. The van der Waals surface area contributed by atoms with Crippen molar-refractivity contribution in [3.8, 4) is 0 Å². The van der Waals surface area contributed by atoms with Gasteiger partial charge in [-0.1, -0.05) is 64.9 Å². The highest BCUT2D eigenvalue weighted by Crippen LogP contribution is 2.45. The quantitative estimate of drug-likeness (QED) is 0.186. The van der Waals surface area contributed by atoms with E-state index in [4.69, 9.17) is 11.6 Å². The molecule has 0 spiro atoms. The molecule has 1 aromatic heterocycles. The predicted molar refractivity (Wildman–Crippen MR) is 144 cm³/mol. The number of fused-ring (bicyclic) bond motifs is 2. The lowest BCUT2D eigenvalue weighted by molar-refractivity contribution is -0.132. The van der Waals surface area contributed by atoms with Crippen LogP contribution in [0.25, 0.3) is 16.0 Å². The highest BCUT2D eigenvalue weighted by Gasteiger charge is 2.48. The van der Waals surface area contributed by atoms with Gasteiger partial charge in [-0.15, -0.1) is 0 Å². The summed E-state index contributed by atoms with van der Waals surface area (Å²) in [6.07, 6.45) is 4.22. The average Bonchev–Trinajstić information content (AvgIpc) is 3.41. The van der Waals surface area contributed by atoms with Crippen molar-refractivity contribution >= 4 is 55.7 Å². The molecule has 1 aliphatic carbocycles. The zero-order valence-corrected chi connectivity index (χ0v) is 21.2. The number of Topliss-reactive ketones (excluding diaryl/α,β-unsaturated/α-hetero) is 1. The van der Waals surface area contributed by atoms with Gasteiger partial charge >= 0.3 is 5.91 Å². The number of ketones is 1. The number of aliphatic hydroxyl groups excluding tert-OH is 1. The van der Waals surface area contributed by atoms with Crippen molar-refractivity contribution in [3.63, 3.8) is 0 Å². The van der Waals surface area contributed by atoms with E-state index >= 15 is 0 Å². The van der Waals surface area contributed by atoms with Crippen LogP contribution in [-0.4, -0.2) is 21.8 Å². The van der Waals surface area contributed by atoms with Crippen LogP contribution in [0.3, 0.4) is 0 Å². The maximum absolute atomic E-state index is 13.5. The predicted octanol–water partition coefficient (Wildman–Crippen LogP) is 6.76. The number of anilines is 1. The van der Waals surface area contributed by atoms with Crippen molar-refractivity contribution in [1.82, 2.24) is 4.98 Å². The van der Waals surface area contributed by atoms with Crippen molar-refractivity contribution in [2.75, 3.05) is 4.90 Å². The number of rotatable bonds is 3. The van der Waals surface area contributed by atoms with Crippen LogP contribution in [0.5, 0.6) is 0 Å². The number of benzene rings is 3. The fourth-order valence-electron chi connectivity index (χ4n) is 5.21. The van der Waals surface area contributed by atoms with Gasteiger partial charge in [-0.05, 0) is 73.6 Å². The summed E-state index contributed by atoms with van der Waals surface area (Å²) in [6, 6.07) is 18.0. The number of amides is 1. The molecule has 2 heterocycles. The maximum Gasteiger partial charge on any atom is 0.301 e. The molecule has 6 rings (SSSR count). The number of aryl methyl sites for hydroxylation is 3. The van der Waals surface area contributed by atoms with Crippen molar-refractivity contribution in [1.29, 1.82) is 0 Å². The zero-order chi connectivity index (χ0) is 25.0. The molecule has 1 N–H and O–H groups in total. The Morgan fingerprint density at radius 3 is 2.64 bits per heavy atom. The van der Waals surface area contributed by atoms with Gasteiger partial charge in [-0.25, -0.2) is 4.98 Å². The fourth-order valence-corrected chi connectivity index (χ4v) is 6.48. The monoisotopic (exact) mass is 514 g/mol. The lowest BCUT2D eigenvalue weighted by atomic mass is 9.88. The molecule has 1 saturated heterocycles. The van der Waals surface area contributed by atoms with E-state index in [1.54, 1.807) is 18.2 Å². The standard InChI is InChI=1S/C29H23ClN2O3S/c1-16-5-4-8-19(13-16)25-24(26(33)20-10-9-17-6-2-3-7-18(17)14-20)27(34)28(35)32(25)29-31-22-12-11-21(30)15-23(22)36-29/h4-5,8-15,25,33H,2-3,6-7H2,1H3/b26-24+. The summed E-state index contributed by atoms with van der Waals surface area (Å²) in [5, 5.41) is 12.5. The number of hydrogen-bond donors (Lipinski definition) is 1. The summed E-state index contributed by atoms with van der Waals surface area (Å²) < 4.78 is 0.817. The molecular weight excluding hydrogens is 492 g/mol. The van der Waals surface area contributed by atoms with E-state index in [-0.39, 0.29) is 11.3 Å². The second kappa shape index (κ2) is 8.87. The summed E-state index contributed by atoms with van der Waals surface area (Å²) in [5.74, 6) is -1.57. The molecule has 36 heavy (non-hydrogen) atoms. The third-order valence-electron chi connectivity index (χ3n) is 6.97. The highest BCUT2D eigenvalue weighted by atomic mass is 35.5. The molecule has 1 amide bonds. The van der Waals surface area contributed by atoms with Gasteiger partial charge in [-0.2, -0.15) is 0 Å². The second-order valence-corrected chi connectivity index (χ2v) is 10.8. The van der Waals surface area contributed by atoms with E-state index in [0.717, 1.165) is 41.5 Å². The molecule has 5 nitrogen and oxygen atoms in total. The first kappa shape index (κ1) is 23.0. The minimum absolute atomic E-state index is 0.0821. The Bertz CT molecular complexity index is 1590.